The van der Waals surface area contributed by atoms with Crippen molar-refractivity contribution in [1.29, 1.82) is 0 Å². The number of benzene rings is 2. The van der Waals surface area contributed by atoms with Crippen molar-refractivity contribution < 1.29 is 28.3 Å². The fourth-order valence-corrected chi connectivity index (χ4v) is 4.04. The first-order valence-electron chi connectivity index (χ1n) is 9.57. The van der Waals surface area contributed by atoms with E-state index in [9.17, 15) is 28.3 Å². The molecule has 2 aliphatic heterocycles. The zero-order valence-electron chi connectivity index (χ0n) is 16.2. The summed E-state index contributed by atoms with van der Waals surface area (Å²) in [5, 5.41) is 15.8. The maximum Gasteiger partial charge on any atom is 0.268 e. The van der Waals surface area contributed by atoms with Crippen LogP contribution in [-0.2, 0) is 27.3 Å². The van der Waals surface area contributed by atoms with Gasteiger partial charge < -0.3 is 20.6 Å². The summed E-state index contributed by atoms with van der Waals surface area (Å²) in [5.74, 6) is -3.39. The predicted octanol–water partition coefficient (Wildman–Crippen LogP) is 2.29. The van der Waals surface area contributed by atoms with Gasteiger partial charge in [0, 0.05) is 36.6 Å². The van der Waals surface area contributed by atoms with Gasteiger partial charge in [0.15, 0.2) is 0 Å². The van der Waals surface area contributed by atoms with Gasteiger partial charge in [0.2, 0.25) is 11.5 Å². The first kappa shape index (κ1) is 21.2. The number of halogens is 3. The van der Waals surface area contributed by atoms with Crippen LogP contribution in [0.25, 0.3) is 0 Å². The highest BCUT2D eigenvalue weighted by molar-refractivity contribution is 6.30. The number of hydrogen-bond acceptors (Lipinski definition) is 4. The molecule has 0 bridgehead atoms. The summed E-state index contributed by atoms with van der Waals surface area (Å²) in [7, 11) is 0. The second kappa shape index (κ2) is 7.90. The molecule has 10 heteroatoms. The number of anilines is 2. The molecule has 0 radical (unpaired) electrons. The minimum absolute atomic E-state index is 0.000861. The minimum Gasteiger partial charge on any atom is -0.372 e. The highest BCUT2D eigenvalue weighted by Gasteiger charge is 2.51. The number of fused-ring (bicyclic) bond motifs is 1. The van der Waals surface area contributed by atoms with Crippen molar-refractivity contribution in [3.63, 3.8) is 0 Å². The van der Waals surface area contributed by atoms with E-state index in [1.807, 2.05) is 0 Å². The van der Waals surface area contributed by atoms with Crippen LogP contribution >= 0.6 is 11.6 Å². The van der Waals surface area contributed by atoms with E-state index in [4.69, 9.17) is 11.6 Å². The fourth-order valence-electron chi connectivity index (χ4n) is 3.79. The normalized spacial score (nSPS) is 20.5. The monoisotopic (exact) mass is 449 g/mol. The van der Waals surface area contributed by atoms with Gasteiger partial charge in [-0.05, 0) is 47.9 Å². The van der Waals surface area contributed by atoms with E-state index in [1.165, 1.54) is 12.1 Å². The zero-order valence-corrected chi connectivity index (χ0v) is 16.9. The highest BCUT2D eigenvalue weighted by Crippen LogP contribution is 2.34. The Bertz CT molecular complexity index is 1090. The lowest BCUT2D eigenvalue weighted by Gasteiger charge is -2.24. The number of amides is 3. The first-order chi connectivity index (χ1) is 14.7. The van der Waals surface area contributed by atoms with Crippen LogP contribution in [0.1, 0.15) is 24.0 Å². The molecule has 1 saturated heterocycles. The van der Waals surface area contributed by atoms with Crippen LogP contribution in [0.5, 0.6) is 0 Å². The van der Waals surface area contributed by atoms with E-state index in [0.717, 1.165) is 17.0 Å². The Kier molecular flexibility index (Phi) is 5.40. The van der Waals surface area contributed by atoms with Crippen molar-refractivity contribution in [2.24, 2.45) is 0 Å². The SMILES string of the molecule is O=C1CCc2cc(N3CC[C@](O)(C(=O)NCc4cc(F)cc(Cl)c4)C3=O)cc(F)c2N1. The van der Waals surface area contributed by atoms with Crippen molar-refractivity contribution in [3.8, 4) is 0 Å². The lowest BCUT2D eigenvalue weighted by Crippen LogP contribution is -2.52. The van der Waals surface area contributed by atoms with Gasteiger partial charge in [-0.3, -0.25) is 14.4 Å². The quantitative estimate of drug-likeness (QED) is 0.624. The third-order valence-electron chi connectivity index (χ3n) is 5.40. The van der Waals surface area contributed by atoms with E-state index in [0.29, 0.717) is 17.5 Å². The third kappa shape index (κ3) is 3.98. The molecule has 2 heterocycles. The molecule has 31 heavy (non-hydrogen) atoms. The number of aryl methyl sites for hydroxylation is 1. The van der Waals surface area contributed by atoms with Crippen LogP contribution in [0.2, 0.25) is 5.02 Å². The Labute approximate surface area is 181 Å². The van der Waals surface area contributed by atoms with Crippen LogP contribution in [-0.4, -0.2) is 35.0 Å². The predicted molar refractivity (Wildman–Crippen MR) is 109 cm³/mol. The molecule has 1 atom stereocenters. The second-order valence-corrected chi connectivity index (χ2v) is 7.97. The van der Waals surface area contributed by atoms with E-state index in [1.54, 1.807) is 6.07 Å². The van der Waals surface area contributed by atoms with Gasteiger partial charge in [0.25, 0.3) is 11.8 Å². The number of nitrogens with one attached hydrogen (secondary N) is 2. The summed E-state index contributed by atoms with van der Waals surface area (Å²) >= 11 is 5.78. The second-order valence-electron chi connectivity index (χ2n) is 7.54. The van der Waals surface area contributed by atoms with Gasteiger partial charge >= 0.3 is 0 Å². The molecule has 2 aliphatic rings. The van der Waals surface area contributed by atoms with Gasteiger partial charge in [-0.2, -0.15) is 0 Å². The van der Waals surface area contributed by atoms with Crippen LogP contribution in [0.15, 0.2) is 30.3 Å². The fraction of sp³-hybridized carbons (Fsp3) is 0.286. The van der Waals surface area contributed by atoms with Gasteiger partial charge in [-0.25, -0.2) is 8.78 Å². The largest absolute Gasteiger partial charge is 0.372 e. The lowest BCUT2D eigenvalue weighted by atomic mass is 10.0. The van der Waals surface area contributed by atoms with Crippen molar-refractivity contribution in [2.45, 2.75) is 31.4 Å². The molecule has 0 spiro atoms. The van der Waals surface area contributed by atoms with Crippen molar-refractivity contribution >= 4 is 40.7 Å². The summed E-state index contributed by atoms with van der Waals surface area (Å²) in [6, 6.07) is 6.39. The number of aliphatic hydroxyl groups is 1. The number of nitrogens with zero attached hydrogens (tertiary/aromatic N) is 1. The summed E-state index contributed by atoms with van der Waals surface area (Å²) in [4.78, 5) is 38.1. The van der Waals surface area contributed by atoms with Crippen LogP contribution < -0.4 is 15.5 Å². The third-order valence-corrected chi connectivity index (χ3v) is 5.62. The van der Waals surface area contributed by atoms with Gasteiger partial charge in [0.1, 0.15) is 11.6 Å². The van der Waals surface area contributed by atoms with Gasteiger partial charge in [-0.1, -0.05) is 11.6 Å². The average molecular weight is 450 g/mol. The van der Waals surface area contributed by atoms with E-state index < -0.39 is 29.0 Å². The van der Waals surface area contributed by atoms with E-state index in [-0.39, 0.29) is 48.2 Å². The molecular formula is C21H18ClF2N3O4. The molecule has 2 aromatic rings. The van der Waals surface area contributed by atoms with Crippen LogP contribution in [0, 0.1) is 11.6 Å². The maximum atomic E-state index is 14.5. The van der Waals surface area contributed by atoms with Gasteiger partial charge in [0.05, 0.1) is 5.69 Å². The number of carbonyl (C=O) groups excluding carboxylic acids is 3. The average Bonchev–Trinajstić information content (AvgIpc) is 3.02. The molecule has 2 aromatic carbocycles. The molecule has 162 valence electrons. The van der Waals surface area contributed by atoms with E-state index >= 15 is 0 Å². The molecule has 0 aromatic heterocycles. The Morgan fingerprint density at radius 3 is 2.71 bits per heavy atom. The number of carbonyl (C=O) groups is 3. The smallest absolute Gasteiger partial charge is 0.268 e. The van der Waals surface area contributed by atoms with Crippen molar-refractivity contribution in [1.82, 2.24) is 5.32 Å². The van der Waals surface area contributed by atoms with Crippen molar-refractivity contribution in [2.75, 3.05) is 16.8 Å². The van der Waals surface area contributed by atoms with Crippen LogP contribution in [0.3, 0.4) is 0 Å². The molecule has 0 aliphatic carbocycles. The topological polar surface area (TPSA) is 98.7 Å². The van der Waals surface area contributed by atoms with Crippen molar-refractivity contribution in [3.05, 3.63) is 58.1 Å². The molecule has 1 fully saturated rings. The Balaban J connectivity index is 1.50. The number of hydrogen-bond donors (Lipinski definition) is 3. The Hall–Kier alpha value is -3.04. The standard InChI is InChI=1S/C21H18ClF2N3O4/c22-13-5-11(6-14(23)8-13)10-25-19(29)21(31)3-4-27(20(21)30)15-7-12-1-2-17(28)26-18(12)16(24)9-15/h5-9,31H,1-4,10H2,(H,25,29)(H,26,28)/t21-/m0/s1. The molecular weight excluding hydrogens is 432 g/mol. The Morgan fingerprint density at radius 2 is 1.97 bits per heavy atom. The zero-order chi connectivity index (χ0) is 22.3. The molecule has 0 unspecified atom stereocenters. The van der Waals surface area contributed by atoms with Gasteiger partial charge in [-0.15, -0.1) is 0 Å². The molecule has 4 rings (SSSR count). The maximum absolute atomic E-state index is 14.5. The summed E-state index contributed by atoms with van der Waals surface area (Å²) in [5.41, 5.74) is -1.17. The lowest BCUT2D eigenvalue weighted by molar-refractivity contribution is -0.149. The van der Waals surface area contributed by atoms with Crippen LogP contribution in [0.4, 0.5) is 20.2 Å². The first-order valence-corrected chi connectivity index (χ1v) is 9.95. The summed E-state index contributed by atoms with van der Waals surface area (Å²) in [6.45, 7) is -0.141. The molecule has 3 amide bonds. The number of rotatable bonds is 4. The van der Waals surface area contributed by atoms with E-state index in [2.05, 4.69) is 10.6 Å². The highest BCUT2D eigenvalue weighted by atomic mass is 35.5. The molecule has 0 saturated carbocycles. The molecule has 3 N–H and O–H groups in total. The Morgan fingerprint density at radius 1 is 1.19 bits per heavy atom. The summed E-state index contributed by atoms with van der Waals surface area (Å²) < 4.78 is 27.9. The summed E-state index contributed by atoms with van der Waals surface area (Å²) in [6.07, 6.45) is 0.312. The molecule has 7 nitrogen and oxygen atoms in total. The minimum atomic E-state index is -2.34.